The van der Waals surface area contributed by atoms with Crippen LogP contribution in [0.5, 0.6) is 0 Å². The minimum Gasteiger partial charge on any atom is -0.472 e. The number of hydrogen-bond donors (Lipinski definition) is 0. The summed E-state index contributed by atoms with van der Waals surface area (Å²) in [4.78, 5) is 39.5. The van der Waals surface area contributed by atoms with E-state index in [0.717, 1.165) is 5.56 Å². The van der Waals surface area contributed by atoms with Gasteiger partial charge in [-0.05, 0) is 49.5 Å². The Labute approximate surface area is 176 Å². The molecule has 1 unspecified atom stereocenters. The van der Waals surface area contributed by atoms with Gasteiger partial charge in [-0.25, -0.2) is 0 Å². The molecule has 30 heavy (non-hydrogen) atoms. The summed E-state index contributed by atoms with van der Waals surface area (Å²) >= 11 is 0. The summed E-state index contributed by atoms with van der Waals surface area (Å²) in [6.07, 6.45) is 3.98. The first kappa shape index (κ1) is 21.1. The highest BCUT2D eigenvalue weighted by molar-refractivity contribution is 5.92. The van der Waals surface area contributed by atoms with Gasteiger partial charge in [-0.1, -0.05) is 13.8 Å². The second-order valence-corrected chi connectivity index (χ2v) is 9.38. The van der Waals surface area contributed by atoms with Gasteiger partial charge in [0.15, 0.2) is 5.78 Å². The lowest BCUT2D eigenvalue weighted by atomic mass is 9.43. The van der Waals surface area contributed by atoms with Crippen molar-refractivity contribution in [1.82, 2.24) is 0 Å². The minimum atomic E-state index is -0.668. The number of Topliss-reactive ketones (excluding diaryl/α,β-unsaturated/α-hetero) is 1. The number of ketones is 1. The molecule has 164 valence electrons. The molecule has 0 N–H and O–H groups in total. The molecule has 0 amide bonds. The summed E-state index contributed by atoms with van der Waals surface area (Å²) in [5, 5.41) is 0. The van der Waals surface area contributed by atoms with E-state index in [1.165, 1.54) is 7.11 Å². The second-order valence-electron chi connectivity index (χ2n) is 9.38. The highest BCUT2D eigenvalue weighted by Crippen LogP contribution is 2.65. The van der Waals surface area contributed by atoms with Gasteiger partial charge < -0.3 is 18.6 Å². The molecule has 1 aromatic heterocycles. The average molecular weight is 418 g/mol. The highest BCUT2D eigenvalue weighted by Gasteiger charge is 2.67. The van der Waals surface area contributed by atoms with Crippen LogP contribution in [0.25, 0.3) is 0 Å². The molecule has 1 aliphatic heterocycles. The van der Waals surface area contributed by atoms with Gasteiger partial charge in [0.1, 0.15) is 12.2 Å². The zero-order valence-corrected chi connectivity index (χ0v) is 18.0. The molecule has 1 aromatic rings. The molecule has 2 saturated carbocycles. The van der Waals surface area contributed by atoms with Crippen molar-refractivity contribution >= 4 is 17.7 Å². The highest BCUT2D eigenvalue weighted by atomic mass is 16.5. The smallest absolute Gasteiger partial charge is 0.310 e. The fourth-order valence-corrected chi connectivity index (χ4v) is 6.51. The third-order valence-corrected chi connectivity index (χ3v) is 7.87. The fourth-order valence-electron chi connectivity index (χ4n) is 6.51. The quantitative estimate of drug-likeness (QED) is 0.691. The van der Waals surface area contributed by atoms with Crippen molar-refractivity contribution in [1.29, 1.82) is 0 Å². The zero-order valence-electron chi connectivity index (χ0n) is 18.0. The van der Waals surface area contributed by atoms with E-state index >= 15 is 0 Å². The van der Waals surface area contributed by atoms with Gasteiger partial charge in [0.05, 0.1) is 31.5 Å². The molecule has 0 spiro atoms. The van der Waals surface area contributed by atoms with E-state index < -0.39 is 34.9 Å². The van der Waals surface area contributed by atoms with Crippen LogP contribution in [0.15, 0.2) is 23.0 Å². The van der Waals surface area contributed by atoms with E-state index in [4.69, 9.17) is 18.6 Å². The molecular formula is C23H30O7. The monoisotopic (exact) mass is 418 g/mol. The summed E-state index contributed by atoms with van der Waals surface area (Å²) < 4.78 is 21.8. The molecule has 7 atom stereocenters. The Morgan fingerprint density at radius 3 is 2.67 bits per heavy atom. The lowest BCUT2D eigenvalue weighted by Crippen LogP contribution is -2.64. The Morgan fingerprint density at radius 1 is 1.27 bits per heavy atom. The van der Waals surface area contributed by atoms with Crippen molar-refractivity contribution < 1.29 is 33.0 Å². The summed E-state index contributed by atoms with van der Waals surface area (Å²) in [6.45, 7) is 6.24. The molecule has 7 nitrogen and oxygen atoms in total. The molecule has 1 saturated heterocycles. The van der Waals surface area contributed by atoms with Crippen molar-refractivity contribution in [3.63, 3.8) is 0 Å². The van der Waals surface area contributed by atoms with Crippen LogP contribution in [-0.4, -0.2) is 37.5 Å². The van der Waals surface area contributed by atoms with Gasteiger partial charge in [0.25, 0.3) is 0 Å². The first-order valence-electron chi connectivity index (χ1n) is 10.7. The van der Waals surface area contributed by atoms with Crippen molar-refractivity contribution in [3.05, 3.63) is 24.2 Å². The molecule has 2 aliphatic carbocycles. The summed E-state index contributed by atoms with van der Waals surface area (Å²) in [6, 6.07) is 1.78. The molecule has 2 heterocycles. The van der Waals surface area contributed by atoms with Crippen LogP contribution in [0, 0.1) is 28.6 Å². The van der Waals surface area contributed by atoms with Crippen molar-refractivity contribution in [2.45, 2.75) is 58.7 Å². The molecule has 3 fully saturated rings. The Hall–Kier alpha value is -2.15. The number of hydrogen-bond acceptors (Lipinski definition) is 7. The van der Waals surface area contributed by atoms with Crippen LogP contribution in [0.2, 0.25) is 0 Å². The minimum absolute atomic E-state index is 0.00709. The number of rotatable bonds is 4. The molecule has 0 bridgehead atoms. The summed E-state index contributed by atoms with van der Waals surface area (Å²) in [7, 11) is 1.38. The van der Waals surface area contributed by atoms with Crippen LogP contribution in [0.1, 0.15) is 58.1 Å². The van der Waals surface area contributed by atoms with E-state index in [1.54, 1.807) is 18.6 Å². The van der Waals surface area contributed by atoms with Gasteiger partial charge in [0, 0.05) is 18.1 Å². The van der Waals surface area contributed by atoms with Crippen LogP contribution in [0.4, 0.5) is 0 Å². The van der Waals surface area contributed by atoms with Crippen molar-refractivity contribution in [2.24, 2.45) is 28.6 Å². The lowest BCUT2D eigenvalue weighted by Gasteiger charge is -2.61. The summed E-state index contributed by atoms with van der Waals surface area (Å²) in [5.74, 6) is -1.94. The number of ether oxygens (including phenoxy) is 3. The molecule has 4 rings (SSSR count). The number of furan rings is 1. The lowest BCUT2D eigenvalue weighted by molar-refractivity contribution is -0.209. The molecule has 7 heteroatoms. The predicted molar refractivity (Wildman–Crippen MR) is 105 cm³/mol. The molecule has 0 aromatic carbocycles. The number of methoxy groups -OCH3 is 1. The van der Waals surface area contributed by atoms with Gasteiger partial charge >= 0.3 is 11.9 Å². The maximum absolute atomic E-state index is 13.7. The zero-order chi connectivity index (χ0) is 21.7. The number of esters is 2. The number of fused-ring (bicyclic) bond motifs is 3. The topological polar surface area (TPSA) is 92.0 Å². The van der Waals surface area contributed by atoms with E-state index in [2.05, 4.69) is 0 Å². The van der Waals surface area contributed by atoms with E-state index in [0.29, 0.717) is 32.3 Å². The fraction of sp³-hybridized carbons (Fsp3) is 0.696. The van der Waals surface area contributed by atoms with Gasteiger partial charge in [-0.15, -0.1) is 0 Å². The maximum atomic E-state index is 13.7. The Balaban J connectivity index is 1.79. The van der Waals surface area contributed by atoms with Crippen LogP contribution >= 0.6 is 0 Å². The van der Waals surface area contributed by atoms with Gasteiger partial charge in [-0.3, -0.25) is 14.4 Å². The van der Waals surface area contributed by atoms with Crippen LogP contribution in [0.3, 0.4) is 0 Å². The number of cyclic esters (lactones) is 1. The number of carbonyl (C=O) groups excluding carboxylic acids is 3. The Kier molecular flexibility index (Phi) is 5.29. The first-order chi connectivity index (χ1) is 14.3. The third-order valence-electron chi connectivity index (χ3n) is 7.87. The normalized spacial score (nSPS) is 40.9. The van der Waals surface area contributed by atoms with E-state index in [9.17, 15) is 14.4 Å². The largest absolute Gasteiger partial charge is 0.472 e. The number of carbonyl (C=O) groups is 3. The van der Waals surface area contributed by atoms with Crippen molar-refractivity contribution in [2.75, 3.05) is 13.7 Å². The molecule has 0 radical (unpaired) electrons. The standard InChI is InChI=1S/C23H30O7/c1-5-29-16-10-15(20(25)27-4)22(2)8-6-14-21(26)30-17(13-7-9-28-12-13)11-23(14,3)19(22)18(16)24/h7,9,12,14-17,19H,5-6,8,10-11H2,1-4H3/t14-,15-,16-,17-,19?,22-,23-/m0/s1. The van der Waals surface area contributed by atoms with E-state index in [-0.39, 0.29) is 23.6 Å². The average Bonchev–Trinajstić information content (AvgIpc) is 3.23. The first-order valence-corrected chi connectivity index (χ1v) is 10.7. The third kappa shape index (κ3) is 3.01. The molecule has 3 aliphatic rings. The van der Waals surface area contributed by atoms with E-state index in [1.807, 2.05) is 20.8 Å². The maximum Gasteiger partial charge on any atom is 0.310 e. The second kappa shape index (κ2) is 7.52. The Bertz CT molecular complexity index is 831. The van der Waals surface area contributed by atoms with Crippen molar-refractivity contribution in [3.8, 4) is 0 Å². The Morgan fingerprint density at radius 2 is 2.03 bits per heavy atom. The molecular weight excluding hydrogens is 388 g/mol. The summed E-state index contributed by atoms with van der Waals surface area (Å²) in [5.41, 5.74) is -0.463. The van der Waals surface area contributed by atoms with Gasteiger partial charge in [-0.2, -0.15) is 0 Å². The SMILES string of the molecule is CCO[C@H]1C[C@@H](C(=O)OC)[C@]2(C)CC[C@H]3C(=O)O[C@H](c4ccoc4)C[C@]3(C)C2C1=O. The van der Waals surface area contributed by atoms with Gasteiger partial charge in [0.2, 0.25) is 0 Å². The van der Waals surface area contributed by atoms with Crippen LogP contribution < -0.4 is 0 Å². The van der Waals surface area contributed by atoms with Crippen LogP contribution in [-0.2, 0) is 28.6 Å². The predicted octanol–water partition coefficient (Wildman–Crippen LogP) is 3.47.